The molecular weight excluding hydrogens is 452 g/mol. The summed E-state index contributed by atoms with van der Waals surface area (Å²) < 4.78 is 36.1. The van der Waals surface area contributed by atoms with E-state index in [0.717, 1.165) is 10.4 Å². The fourth-order valence-electron chi connectivity index (χ4n) is 3.60. The Bertz CT molecular complexity index is 1260. The summed E-state index contributed by atoms with van der Waals surface area (Å²) in [5.74, 6) is 0.0536. The number of fused-ring (bicyclic) bond motifs is 1. The van der Waals surface area contributed by atoms with E-state index in [1.807, 2.05) is 17.5 Å². The summed E-state index contributed by atoms with van der Waals surface area (Å²) in [6, 6.07) is 8.64. The Morgan fingerprint density at radius 1 is 1.28 bits per heavy atom. The van der Waals surface area contributed by atoms with Gasteiger partial charge in [-0.3, -0.25) is 13.9 Å². The topological polar surface area (TPSA) is 107 Å². The Morgan fingerprint density at radius 3 is 2.81 bits per heavy atom. The third-order valence-corrected chi connectivity index (χ3v) is 7.22. The highest BCUT2D eigenvalue weighted by Crippen LogP contribution is 2.30. The van der Waals surface area contributed by atoms with E-state index in [0.29, 0.717) is 48.0 Å². The average molecular weight is 475 g/mol. The highest BCUT2D eigenvalue weighted by atomic mass is 32.2. The zero-order chi connectivity index (χ0) is 22.9. The number of nitrogens with zero attached hydrogens (tertiary/aromatic N) is 2. The summed E-state index contributed by atoms with van der Waals surface area (Å²) in [6.07, 6.45) is 2.43. The lowest BCUT2D eigenvalue weighted by atomic mass is 9.99. The Balaban J connectivity index is 1.38. The molecule has 2 aromatic heterocycles. The van der Waals surface area contributed by atoms with Crippen LogP contribution in [-0.2, 0) is 32.4 Å². The van der Waals surface area contributed by atoms with Gasteiger partial charge in [0.1, 0.15) is 5.76 Å². The van der Waals surface area contributed by atoms with E-state index in [1.165, 1.54) is 21.9 Å². The van der Waals surface area contributed by atoms with Crippen molar-refractivity contribution in [2.75, 3.05) is 23.7 Å². The molecule has 32 heavy (non-hydrogen) atoms. The standard InChI is InChI=1S/C22H22N2O6S2/c1-14-17(23-22(30-14)20-6-4-10-31-20)12-21(26)29-13-19(25)16-7-8-18-15(11-16)5-3-9-24(18)32(2,27)28/h4,6-8,10-11H,3,5,9,12-13H2,1-2H3. The third-order valence-electron chi connectivity index (χ3n) is 5.18. The van der Waals surface area contributed by atoms with Crippen LogP contribution in [0.4, 0.5) is 5.69 Å². The number of benzene rings is 1. The van der Waals surface area contributed by atoms with Gasteiger partial charge in [-0.25, -0.2) is 13.4 Å². The first-order valence-electron chi connectivity index (χ1n) is 10.0. The number of anilines is 1. The Morgan fingerprint density at radius 2 is 2.09 bits per heavy atom. The molecule has 0 unspecified atom stereocenters. The molecule has 4 rings (SSSR count). The van der Waals surface area contributed by atoms with Crippen LogP contribution in [0, 0.1) is 6.92 Å². The van der Waals surface area contributed by atoms with Gasteiger partial charge >= 0.3 is 5.97 Å². The Kier molecular flexibility index (Phi) is 6.16. The van der Waals surface area contributed by atoms with Crippen molar-refractivity contribution >= 4 is 38.8 Å². The molecule has 0 aliphatic carbocycles. The van der Waals surface area contributed by atoms with Crippen molar-refractivity contribution in [1.82, 2.24) is 4.98 Å². The van der Waals surface area contributed by atoms with Crippen molar-refractivity contribution in [3.8, 4) is 10.8 Å². The molecule has 3 aromatic rings. The van der Waals surface area contributed by atoms with E-state index in [-0.39, 0.29) is 12.2 Å². The molecule has 0 N–H and O–H groups in total. The lowest BCUT2D eigenvalue weighted by Gasteiger charge is -2.29. The van der Waals surface area contributed by atoms with Crippen molar-refractivity contribution in [1.29, 1.82) is 0 Å². The van der Waals surface area contributed by atoms with Crippen LogP contribution < -0.4 is 4.31 Å². The van der Waals surface area contributed by atoms with Gasteiger partial charge in [-0.1, -0.05) is 6.07 Å². The van der Waals surface area contributed by atoms with E-state index >= 15 is 0 Å². The number of hydrogen-bond acceptors (Lipinski definition) is 8. The molecule has 0 fully saturated rings. The number of rotatable bonds is 7. The van der Waals surface area contributed by atoms with Gasteiger partial charge in [-0.2, -0.15) is 0 Å². The van der Waals surface area contributed by atoms with Crippen LogP contribution in [0.15, 0.2) is 40.1 Å². The summed E-state index contributed by atoms with van der Waals surface area (Å²) in [4.78, 5) is 30.0. The molecule has 0 saturated carbocycles. The van der Waals surface area contributed by atoms with Crippen molar-refractivity contribution in [3.05, 3.63) is 58.3 Å². The SMILES string of the molecule is Cc1oc(-c2cccs2)nc1CC(=O)OCC(=O)c1ccc2c(c1)CCCN2S(C)(=O)=O. The van der Waals surface area contributed by atoms with E-state index in [2.05, 4.69) is 4.98 Å². The smallest absolute Gasteiger partial charge is 0.312 e. The number of hydrogen-bond donors (Lipinski definition) is 0. The predicted molar refractivity (Wildman–Crippen MR) is 120 cm³/mol. The summed E-state index contributed by atoms with van der Waals surface area (Å²) >= 11 is 1.49. The molecule has 0 radical (unpaired) electrons. The number of oxazole rings is 1. The number of aryl methyl sites for hydroxylation is 2. The molecule has 3 heterocycles. The molecule has 10 heteroatoms. The molecule has 0 amide bonds. The first kappa shape index (κ1) is 22.2. The second-order valence-electron chi connectivity index (χ2n) is 7.54. The van der Waals surface area contributed by atoms with Crippen LogP contribution >= 0.6 is 11.3 Å². The zero-order valence-corrected chi connectivity index (χ0v) is 19.3. The van der Waals surface area contributed by atoms with Crippen molar-refractivity contribution in [3.63, 3.8) is 0 Å². The Labute approximate surface area is 189 Å². The number of Topliss-reactive ketones (excluding diaryl/α,β-unsaturated/α-hetero) is 1. The van der Waals surface area contributed by atoms with Gasteiger partial charge in [0.25, 0.3) is 0 Å². The summed E-state index contributed by atoms with van der Waals surface area (Å²) in [5, 5.41) is 1.91. The van der Waals surface area contributed by atoms with E-state index in [1.54, 1.807) is 25.1 Å². The predicted octanol–water partition coefficient (Wildman–Crippen LogP) is 3.39. The quantitative estimate of drug-likeness (QED) is 0.382. The normalized spacial score (nSPS) is 13.6. The van der Waals surface area contributed by atoms with E-state index in [9.17, 15) is 18.0 Å². The van der Waals surface area contributed by atoms with Gasteiger partial charge < -0.3 is 9.15 Å². The first-order chi connectivity index (χ1) is 15.2. The maximum absolute atomic E-state index is 12.6. The minimum Gasteiger partial charge on any atom is -0.457 e. The monoisotopic (exact) mass is 474 g/mol. The van der Waals surface area contributed by atoms with Gasteiger partial charge in [0.15, 0.2) is 12.4 Å². The summed E-state index contributed by atoms with van der Waals surface area (Å²) in [5.41, 5.74) is 2.23. The molecule has 8 nitrogen and oxygen atoms in total. The largest absolute Gasteiger partial charge is 0.457 e. The minimum atomic E-state index is -3.37. The van der Waals surface area contributed by atoms with Crippen LogP contribution in [0.3, 0.4) is 0 Å². The fourth-order valence-corrected chi connectivity index (χ4v) is 5.24. The number of carbonyl (C=O) groups excluding carboxylic acids is 2. The number of ketones is 1. The average Bonchev–Trinajstić information content (AvgIpc) is 3.41. The number of thiophene rings is 1. The second kappa shape index (κ2) is 8.87. The molecular formula is C22H22N2O6S2. The van der Waals surface area contributed by atoms with Crippen LogP contribution in [0.2, 0.25) is 0 Å². The fraction of sp³-hybridized carbons (Fsp3) is 0.318. The molecule has 1 aromatic carbocycles. The molecule has 1 aliphatic heterocycles. The van der Waals surface area contributed by atoms with Gasteiger partial charge in [-0.15, -0.1) is 11.3 Å². The van der Waals surface area contributed by atoms with Crippen molar-refractivity contribution < 1.29 is 27.2 Å². The highest BCUT2D eigenvalue weighted by Gasteiger charge is 2.25. The molecule has 0 saturated heterocycles. The van der Waals surface area contributed by atoms with E-state index in [4.69, 9.17) is 9.15 Å². The first-order valence-corrected chi connectivity index (χ1v) is 12.7. The Hall–Kier alpha value is -2.98. The molecule has 1 aliphatic rings. The molecule has 0 bridgehead atoms. The molecule has 0 spiro atoms. The van der Waals surface area contributed by atoms with Gasteiger partial charge in [0.2, 0.25) is 15.9 Å². The van der Waals surface area contributed by atoms with Crippen LogP contribution in [0.1, 0.15) is 33.8 Å². The number of sulfonamides is 1. The van der Waals surface area contributed by atoms with Crippen molar-refractivity contribution in [2.24, 2.45) is 0 Å². The number of aromatic nitrogens is 1. The van der Waals surface area contributed by atoms with Crippen molar-refractivity contribution in [2.45, 2.75) is 26.2 Å². The highest BCUT2D eigenvalue weighted by molar-refractivity contribution is 7.92. The van der Waals surface area contributed by atoms with Gasteiger partial charge in [-0.05, 0) is 55.0 Å². The zero-order valence-electron chi connectivity index (χ0n) is 17.7. The number of esters is 1. The van der Waals surface area contributed by atoms with Crippen LogP contribution in [0.25, 0.3) is 10.8 Å². The number of carbonyl (C=O) groups is 2. The van der Waals surface area contributed by atoms with Gasteiger partial charge in [0.05, 0.1) is 28.9 Å². The summed E-state index contributed by atoms with van der Waals surface area (Å²) in [7, 11) is -3.37. The number of ether oxygens (including phenoxy) is 1. The second-order valence-corrected chi connectivity index (χ2v) is 10.4. The summed E-state index contributed by atoms with van der Waals surface area (Å²) in [6.45, 7) is 1.75. The lowest BCUT2D eigenvalue weighted by Crippen LogP contribution is -2.34. The maximum Gasteiger partial charge on any atom is 0.312 e. The lowest BCUT2D eigenvalue weighted by molar-refractivity contribution is -0.141. The third kappa shape index (κ3) is 4.76. The van der Waals surface area contributed by atoms with Gasteiger partial charge in [0, 0.05) is 12.1 Å². The maximum atomic E-state index is 12.6. The van der Waals surface area contributed by atoms with Crippen LogP contribution in [0.5, 0.6) is 0 Å². The minimum absolute atomic E-state index is 0.0957. The molecule has 168 valence electrons. The van der Waals surface area contributed by atoms with Crippen LogP contribution in [-0.4, -0.2) is 44.6 Å². The molecule has 0 atom stereocenters. The van der Waals surface area contributed by atoms with E-state index < -0.39 is 22.6 Å².